The van der Waals surface area contributed by atoms with E-state index in [2.05, 4.69) is 0 Å². The minimum Gasteiger partial charge on any atom is -0.508 e. The van der Waals surface area contributed by atoms with Crippen molar-refractivity contribution in [1.29, 1.82) is 0 Å². The first-order chi connectivity index (χ1) is 19.0. The average Bonchev–Trinajstić information content (AvgIpc) is 3.06. The molecule has 2 saturated heterocycles. The Kier molecular flexibility index (Phi) is 7.60. The summed E-state index contributed by atoms with van der Waals surface area (Å²) in [7, 11) is 0. The van der Waals surface area contributed by atoms with E-state index in [1.165, 1.54) is 31.2 Å². The van der Waals surface area contributed by atoms with E-state index in [9.17, 15) is 45.6 Å². The van der Waals surface area contributed by atoms with Crippen molar-refractivity contribution in [3.63, 3.8) is 0 Å². The number of aliphatic hydroxyl groups is 6. The molecule has 0 saturated carbocycles. The van der Waals surface area contributed by atoms with Crippen LogP contribution >= 0.6 is 0 Å². The monoisotopic (exact) mass is 564 g/mol. The second-order valence-electron chi connectivity index (χ2n) is 9.70. The van der Waals surface area contributed by atoms with Crippen molar-refractivity contribution in [2.24, 2.45) is 0 Å². The average molecular weight is 564 g/mol. The molecule has 3 heterocycles. The summed E-state index contributed by atoms with van der Waals surface area (Å²) in [6, 6.07) is 7.52. The van der Waals surface area contributed by atoms with Crippen molar-refractivity contribution in [3.8, 4) is 23.0 Å². The number of carbonyl (C=O) groups is 1. The summed E-state index contributed by atoms with van der Waals surface area (Å²) in [5, 5.41) is 81.7. The standard InChI is InChI=1S/C26H28O14/c1-9-18(30)21(33)23(35)26(37-9)38-12-6-13(28)16-15(7-12)39-40-24(10-2-4-11(27)5-3-10)17(20(16)32)25-22(34)19(31)14(29)8-36-25/h2-7,9,14,18-19,21-23,25-31,33-35H,8H2,1H3. The van der Waals surface area contributed by atoms with Crippen LogP contribution in [0.5, 0.6) is 23.0 Å². The number of rotatable bonds is 4. The van der Waals surface area contributed by atoms with Gasteiger partial charge in [0.1, 0.15) is 65.5 Å². The van der Waals surface area contributed by atoms with Crippen LogP contribution in [-0.4, -0.2) is 108 Å². The molecule has 14 nitrogen and oxygen atoms in total. The van der Waals surface area contributed by atoms with Gasteiger partial charge < -0.3 is 55.1 Å². The second-order valence-corrected chi connectivity index (χ2v) is 9.70. The normalized spacial score (nSPS) is 34.4. The number of ether oxygens (including phenoxy) is 3. The van der Waals surface area contributed by atoms with Gasteiger partial charge in [-0.2, -0.15) is 0 Å². The van der Waals surface area contributed by atoms with Crippen molar-refractivity contribution in [1.82, 2.24) is 0 Å². The highest BCUT2D eigenvalue weighted by Crippen LogP contribution is 2.42. The molecule has 0 amide bonds. The van der Waals surface area contributed by atoms with Crippen molar-refractivity contribution >= 4 is 11.5 Å². The lowest BCUT2D eigenvalue weighted by Gasteiger charge is -2.38. The summed E-state index contributed by atoms with van der Waals surface area (Å²) in [4.78, 5) is 24.8. The SMILES string of the molecule is CC1OC(Oc2cc(O)c3c(c2)OOC(c2ccc(O)cc2)=C(C2OCC(O)C(O)C2O)C3=O)C(O)C(O)C1O. The van der Waals surface area contributed by atoms with Crippen molar-refractivity contribution < 1.29 is 69.6 Å². The molecular weight excluding hydrogens is 536 g/mol. The molecule has 0 aromatic heterocycles. The van der Waals surface area contributed by atoms with Gasteiger partial charge in [0.05, 0.1) is 18.3 Å². The van der Waals surface area contributed by atoms with E-state index in [0.717, 1.165) is 12.1 Å². The first-order valence-electron chi connectivity index (χ1n) is 12.3. The molecule has 2 fully saturated rings. The number of aromatic hydroxyl groups is 2. The molecule has 0 aliphatic carbocycles. The van der Waals surface area contributed by atoms with E-state index >= 15 is 0 Å². The first-order valence-corrected chi connectivity index (χ1v) is 12.3. The molecule has 216 valence electrons. The Labute approximate surface area is 226 Å². The Balaban J connectivity index is 1.53. The van der Waals surface area contributed by atoms with Crippen LogP contribution in [0.4, 0.5) is 0 Å². The van der Waals surface area contributed by atoms with Crippen LogP contribution in [0.25, 0.3) is 5.76 Å². The van der Waals surface area contributed by atoms with Gasteiger partial charge in [-0.3, -0.25) is 14.6 Å². The molecule has 2 aromatic carbocycles. The molecule has 0 spiro atoms. The zero-order chi connectivity index (χ0) is 28.9. The molecule has 3 aliphatic heterocycles. The molecule has 40 heavy (non-hydrogen) atoms. The molecule has 0 bridgehead atoms. The summed E-state index contributed by atoms with van der Waals surface area (Å²) in [6.07, 6.45) is -13.4. The fourth-order valence-corrected chi connectivity index (χ4v) is 4.69. The Bertz CT molecular complexity index is 1290. The molecule has 0 radical (unpaired) electrons. The maximum absolute atomic E-state index is 13.9. The van der Waals surface area contributed by atoms with Gasteiger partial charge in [0.2, 0.25) is 12.1 Å². The van der Waals surface area contributed by atoms with Gasteiger partial charge in [0, 0.05) is 17.7 Å². The number of phenolic OH excluding ortho intramolecular Hbond substituents is 2. The lowest BCUT2D eigenvalue weighted by Crippen LogP contribution is -2.58. The van der Waals surface area contributed by atoms with Crippen molar-refractivity contribution in [2.75, 3.05) is 6.61 Å². The Morgan fingerprint density at radius 3 is 2.25 bits per heavy atom. The third kappa shape index (κ3) is 4.95. The predicted octanol–water partition coefficient (Wildman–Crippen LogP) is -1.30. The second kappa shape index (κ2) is 10.8. The molecule has 14 heteroatoms. The number of ketones is 1. The number of carbonyl (C=O) groups excluding carboxylic acids is 1. The van der Waals surface area contributed by atoms with E-state index in [1.54, 1.807) is 0 Å². The molecule has 3 aliphatic rings. The maximum Gasteiger partial charge on any atom is 0.229 e. The van der Waals surface area contributed by atoms with E-state index in [4.69, 9.17) is 24.0 Å². The lowest BCUT2D eigenvalue weighted by molar-refractivity contribution is -0.268. The van der Waals surface area contributed by atoms with Gasteiger partial charge in [-0.05, 0) is 31.2 Å². The van der Waals surface area contributed by atoms with Crippen LogP contribution in [0, 0.1) is 0 Å². The van der Waals surface area contributed by atoms with Crippen LogP contribution < -0.4 is 9.62 Å². The minimum absolute atomic E-state index is 0.0962. The zero-order valence-electron chi connectivity index (χ0n) is 20.9. The topological polar surface area (TPSA) is 225 Å². The van der Waals surface area contributed by atoms with Crippen LogP contribution in [0.1, 0.15) is 22.8 Å². The summed E-state index contributed by atoms with van der Waals surface area (Å²) in [5.41, 5.74) is -0.591. The fourth-order valence-electron chi connectivity index (χ4n) is 4.69. The molecule has 9 atom stereocenters. The van der Waals surface area contributed by atoms with Gasteiger partial charge in [-0.15, -0.1) is 0 Å². The molecule has 8 N–H and O–H groups in total. The van der Waals surface area contributed by atoms with Crippen molar-refractivity contribution in [2.45, 2.75) is 62.0 Å². The van der Waals surface area contributed by atoms with Gasteiger partial charge >= 0.3 is 0 Å². The smallest absolute Gasteiger partial charge is 0.229 e. The van der Waals surface area contributed by atoms with Crippen molar-refractivity contribution in [3.05, 3.63) is 53.1 Å². The van der Waals surface area contributed by atoms with Crippen LogP contribution in [-0.2, 0) is 14.4 Å². The molecule has 5 rings (SSSR count). The number of hydrogen-bond acceptors (Lipinski definition) is 14. The van der Waals surface area contributed by atoms with E-state index in [0.29, 0.717) is 0 Å². The lowest BCUT2D eigenvalue weighted by atomic mass is 9.87. The number of aliphatic hydroxyl groups excluding tert-OH is 6. The highest BCUT2D eigenvalue weighted by molar-refractivity contribution is 6.16. The number of Topliss-reactive ketones (excluding diaryl/α,β-unsaturated/α-hetero) is 1. The summed E-state index contributed by atoms with van der Waals surface area (Å²) in [6.45, 7) is 1.02. The quantitative estimate of drug-likeness (QED) is 0.202. The van der Waals surface area contributed by atoms with E-state index < -0.39 is 78.8 Å². The number of hydrogen-bond donors (Lipinski definition) is 8. The fraction of sp³-hybridized carbons (Fsp3) is 0.423. The summed E-state index contributed by atoms with van der Waals surface area (Å²) >= 11 is 0. The minimum atomic E-state index is -1.78. The Hall–Kier alpha value is -3.47. The van der Waals surface area contributed by atoms with Gasteiger partial charge in [0.15, 0.2) is 11.5 Å². The van der Waals surface area contributed by atoms with E-state index in [-0.39, 0.29) is 34.1 Å². The van der Waals surface area contributed by atoms with Gasteiger partial charge in [-0.25, -0.2) is 0 Å². The number of phenols is 2. The Morgan fingerprint density at radius 1 is 0.850 bits per heavy atom. The highest BCUT2D eigenvalue weighted by atomic mass is 17.2. The van der Waals surface area contributed by atoms with Crippen LogP contribution in [0.15, 0.2) is 42.0 Å². The Morgan fingerprint density at radius 2 is 1.55 bits per heavy atom. The third-order valence-electron chi connectivity index (χ3n) is 6.96. The molecular formula is C26H28O14. The van der Waals surface area contributed by atoms with Crippen LogP contribution in [0.3, 0.4) is 0 Å². The highest BCUT2D eigenvalue weighted by Gasteiger charge is 2.46. The van der Waals surface area contributed by atoms with E-state index in [1.807, 2.05) is 0 Å². The van der Waals surface area contributed by atoms with Gasteiger partial charge in [0.25, 0.3) is 0 Å². The largest absolute Gasteiger partial charge is 0.508 e. The molecule has 9 unspecified atom stereocenters. The zero-order valence-corrected chi connectivity index (χ0v) is 20.9. The number of fused-ring (bicyclic) bond motifs is 1. The predicted molar refractivity (Wildman–Crippen MR) is 130 cm³/mol. The third-order valence-corrected chi connectivity index (χ3v) is 6.96. The van der Waals surface area contributed by atoms with Crippen LogP contribution in [0.2, 0.25) is 0 Å². The maximum atomic E-state index is 13.9. The number of benzene rings is 2. The first kappa shape index (κ1) is 28.1. The van der Waals surface area contributed by atoms with Gasteiger partial charge in [-0.1, -0.05) is 0 Å². The summed E-state index contributed by atoms with van der Waals surface area (Å²) in [5.74, 6) is -2.48. The molecule has 2 aromatic rings. The summed E-state index contributed by atoms with van der Waals surface area (Å²) < 4.78 is 16.5.